The van der Waals surface area contributed by atoms with Crippen LogP contribution in [0.15, 0.2) is 0 Å². The van der Waals surface area contributed by atoms with Gasteiger partial charge >= 0.3 is 0 Å². The predicted octanol–water partition coefficient (Wildman–Crippen LogP) is 0.735. The number of amides is 1. The van der Waals surface area contributed by atoms with Crippen LogP contribution in [0.5, 0.6) is 0 Å². The Morgan fingerprint density at radius 2 is 2.11 bits per heavy atom. The number of hydrogen-bond acceptors (Lipinski definition) is 3. The van der Waals surface area contributed by atoms with Gasteiger partial charge in [-0.05, 0) is 50.6 Å². The minimum absolute atomic E-state index is 0.0431. The number of rotatable bonds is 5. The molecule has 1 aliphatic heterocycles. The van der Waals surface area contributed by atoms with Gasteiger partial charge < -0.3 is 16.0 Å². The first kappa shape index (κ1) is 13.8. The predicted molar refractivity (Wildman–Crippen MR) is 73.3 cm³/mol. The minimum Gasteiger partial charge on any atom is -0.352 e. The van der Waals surface area contributed by atoms with Crippen LogP contribution >= 0.6 is 0 Å². The maximum Gasteiger partial charge on any atom is 0.237 e. The van der Waals surface area contributed by atoms with E-state index in [1.807, 2.05) is 7.05 Å². The maximum atomic E-state index is 12.3. The van der Waals surface area contributed by atoms with Gasteiger partial charge in [0.1, 0.15) is 0 Å². The Morgan fingerprint density at radius 1 is 1.33 bits per heavy atom. The summed E-state index contributed by atoms with van der Waals surface area (Å²) in [6.45, 7) is 6.52. The number of likely N-dealkylation sites (N-methyl/N-ethyl adjacent to an activating group) is 1. The molecule has 4 atom stereocenters. The van der Waals surface area contributed by atoms with Crippen LogP contribution in [-0.2, 0) is 4.79 Å². The third-order valence-corrected chi connectivity index (χ3v) is 4.46. The number of nitrogens with one attached hydrogen (secondary N) is 3. The highest BCUT2D eigenvalue weighted by Crippen LogP contribution is 2.34. The highest BCUT2D eigenvalue weighted by atomic mass is 16.2. The molecule has 0 radical (unpaired) electrons. The highest BCUT2D eigenvalue weighted by Gasteiger charge is 2.40. The summed E-state index contributed by atoms with van der Waals surface area (Å²) >= 11 is 0. The Labute approximate surface area is 110 Å². The van der Waals surface area contributed by atoms with Crippen molar-refractivity contribution in [2.45, 2.75) is 45.2 Å². The summed E-state index contributed by atoms with van der Waals surface area (Å²) in [5.74, 6) is 2.17. The molecule has 2 fully saturated rings. The second-order valence-electron chi connectivity index (χ2n) is 6.25. The summed E-state index contributed by atoms with van der Waals surface area (Å²) in [5, 5.41) is 9.84. The van der Waals surface area contributed by atoms with Gasteiger partial charge in [-0.1, -0.05) is 13.8 Å². The molecule has 1 saturated carbocycles. The van der Waals surface area contributed by atoms with E-state index in [0.29, 0.717) is 17.9 Å². The molecule has 0 aromatic heterocycles. The van der Waals surface area contributed by atoms with Crippen LogP contribution in [0.3, 0.4) is 0 Å². The molecular weight excluding hydrogens is 226 g/mol. The van der Waals surface area contributed by atoms with Gasteiger partial charge in [-0.25, -0.2) is 0 Å². The van der Waals surface area contributed by atoms with Crippen molar-refractivity contribution in [1.29, 1.82) is 0 Å². The van der Waals surface area contributed by atoms with Gasteiger partial charge in [0, 0.05) is 12.6 Å². The SMILES string of the molecule is CN[C@@H](CC(C)C)C(=O)N[C@@H]1CC[C@H]2CNC[C@H]21. The number of hydrogen-bond donors (Lipinski definition) is 3. The number of fused-ring (bicyclic) bond motifs is 1. The lowest BCUT2D eigenvalue weighted by atomic mass is 9.97. The minimum atomic E-state index is -0.0431. The van der Waals surface area contributed by atoms with Crippen LogP contribution in [0.2, 0.25) is 0 Å². The topological polar surface area (TPSA) is 53.2 Å². The van der Waals surface area contributed by atoms with Gasteiger partial charge in [0.2, 0.25) is 5.91 Å². The summed E-state index contributed by atoms with van der Waals surface area (Å²) in [6, 6.07) is 0.346. The van der Waals surface area contributed by atoms with E-state index in [4.69, 9.17) is 0 Å². The van der Waals surface area contributed by atoms with Crippen molar-refractivity contribution in [2.24, 2.45) is 17.8 Å². The zero-order valence-electron chi connectivity index (χ0n) is 11.8. The Morgan fingerprint density at radius 3 is 2.78 bits per heavy atom. The molecule has 0 spiro atoms. The quantitative estimate of drug-likeness (QED) is 0.677. The fourth-order valence-electron chi connectivity index (χ4n) is 3.44. The molecule has 0 bridgehead atoms. The van der Waals surface area contributed by atoms with Gasteiger partial charge in [-0.2, -0.15) is 0 Å². The van der Waals surface area contributed by atoms with Crippen molar-refractivity contribution in [2.75, 3.05) is 20.1 Å². The Kier molecular flexibility index (Phi) is 4.62. The zero-order chi connectivity index (χ0) is 13.1. The number of carbonyl (C=O) groups excluding carboxylic acids is 1. The molecule has 3 N–H and O–H groups in total. The molecule has 104 valence electrons. The molecular formula is C14H27N3O. The van der Waals surface area contributed by atoms with Crippen LogP contribution in [0, 0.1) is 17.8 Å². The molecule has 2 rings (SSSR count). The number of carbonyl (C=O) groups is 1. The van der Waals surface area contributed by atoms with Crippen LogP contribution in [0.1, 0.15) is 33.1 Å². The van der Waals surface area contributed by atoms with Crippen LogP contribution in [0.25, 0.3) is 0 Å². The molecule has 1 saturated heterocycles. The first-order chi connectivity index (χ1) is 8.61. The molecule has 18 heavy (non-hydrogen) atoms. The van der Waals surface area contributed by atoms with E-state index in [0.717, 1.165) is 31.8 Å². The molecule has 4 nitrogen and oxygen atoms in total. The van der Waals surface area contributed by atoms with Crippen molar-refractivity contribution in [3.05, 3.63) is 0 Å². The normalized spacial score (nSPS) is 32.6. The van der Waals surface area contributed by atoms with Crippen LogP contribution in [0.4, 0.5) is 0 Å². The van der Waals surface area contributed by atoms with E-state index >= 15 is 0 Å². The molecule has 0 aromatic rings. The monoisotopic (exact) mass is 253 g/mol. The lowest BCUT2D eigenvalue weighted by Gasteiger charge is -2.24. The molecule has 4 heteroatoms. The summed E-state index contributed by atoms with van der Waals surface area (Å²) in [4.78, 5) is 12.3. The Balaban J connectivity index is 1.86. The third kappa shape index (κ3) is 3.04. The first-order valence-corrected chi connectivity index (χ1v) is 7.30. The first-order valence-electron chi connectivity index (χ1n) is 7.30. The van der Waals surface area contributed by atoms with E-state index in [-0.39, 0.29) is 11.9 Å². The fourth-order valence-corrected chi connectivity index (χ4v) is 3.44. The summed E-state index contributed by atoms with van der Waals surface area (Å²) in [5.41, 5.74) is 0. The second-order valence-corrected chi connectivity index (χ2v) is 6.25. The van der Waals surface area contributed by atoms with Crippen molar-refractivity contribution in [1.82, 2.24) is 16.0 Å². The van der Waals surface area contributed by atoms with Crippen molar-refractivity contribution in [3.8, 4) is 0 Å². The van der Waals surface area contributed by atoms with Crippen molar-refractivity contribution >= 4 is 5.91 Å². The molecule has 1 aliphatic carbocycles. The smallest absolute Gasteiger partial charge is 0.237 e. The molecule has 2 aliphatic rings. The molecule has 1 amide bonds. The van der Waals surface area contributed by atoms with Gasteiger partial charge in [-0.15, -0.1) is 0 Å². The van der Waals surface area contributed by atoms with Crippen molar-refractivity contribution < 1.29 is 4.79 Å². The van der Waals surface area contributed by atoms with Crippen molar-refractivity contribution in [3.63, 3.8) is 0 Å². The average molecular weight is 253 g/mol. The average Bonchev–Trinajstić information content (AvgIpc) is 2.90. The maximum absolute atomic E-state index is 12.3. The van der Waals surface area contributed by atoms with E-state index in [2.05, 4.69) is 29.8 Å². The van der Waals surface area contributed by atoms with E-state index in [9.17, 15) is 4.79 Å². The van der Waals surface area contributed by atoms with Crippen LogP contribution in [-0.4, -0.2) is 38.1 Å². The summed E-state index contributed by atoms with van der Waals surface area (Å²) in [7, 11) is 1.88. The zero-order valence-corrected chi connectivity index (χ0v) is 11.8. The Bertz CT molecular complexity index is 293. The van der Waals surface area contributed by atoms with Gasteiger partial charge in [0.15, 0.2) is 0 Å². The second kappa shape index (κ2) is 6.02. The Hall–Kier alpha value is -0.610. The largest absolute Gasteiger partial charge is 0.352 e. The summed E-state index contributed by atoms with van der Waals surface area (Å²) < 4.78 is 0. The molecule has 1 heterocycles. The fraction of sp³-hybridized carbons (Fsp3) is 0.929. The van der Waals surface area contributed by atoms with Crippen LogP contribution < -0.4 is 16.0 Å². The summed E-state index contributed by atoms with van der Waals surface area (Å²) in [6.07, 6.45) is 3.32. The lowest BCUT2D eigenvalue weighted by molar-refractivity contribution is -0.124. The standard InChI is InChI=1S/C14H27N3O/c1-9(2)6-13(15-3)14(18)17-12-5-4-10-7-16-8-11(10)12/h9-13,15-16H,4-8H2,1-3H3,(H,17,18)/t10-,11+,12+,13-/m0/s1. The molecule has 0 aromatic carbocycles. The van der Waals surface area contributed by atoms with E-state index in [1.165, 1.54) is 6.42 Å². The highest BCUT2D eigenvalue weighted by molar-refractivity contribution is 5.82. The van der Waals surface area contributed by atoms with E-state index < -0.39 is 0 Å². The lowest BCUT2D eigenvalue weighted by Crippen LogP contribution is -2.49. The van der Waals surface area contributed by atoms with Gasteiger partial charge in [-0.3, -0.25) is 4.79 Å². The molecule has 0 unspecified atom stereocenters. The van der Waals surface area contributed by atoms with E-state index in [1.54, 1.807) is 0 Å². The van der Waals surface area contributed by atoms with Gasteiger partial charge in [0.25, 0.3) is 0 Å². The third-order valence-electron chi connectivity index (χ3n) is 4.46. The van der Waals surface area contributed by atoms with Gasteiger partial charge in [0.05, 0.1) is 6.04 Å².